The molecule has 0 fully saturated rings. The van der Waals surface area contributed by atoms with Crippen LogP contribution in [0.2, 0.25) is 0 Å². The van der Waals surface area contributed by atoms with Gasteiger partial charge in [0.1, 0.15) is 17.2 Å². The molecule has 0 saturated carbocycles. The average Bonchev–Trinajstić information content (AvgIpc) is 3.11. The van der Waals surface area contributed by atoms with E-state index in [-0.39, 0.29) is 12.0 Å². The minimum atomic E-state index is -0.387. The minimum absolute atomic E-state index is 0.162. The number of ether oxygens (including phenoxy) is 1. The van der Waals surface area contributed by atoms with Crippen LogP contribution >= 0.6 is 0 Å². The zero-order valence-corrected chi connectivity index (χ0v) is 15.4. The van der Waals surface area contributed by atoms with Gasteiger partial charge in [-0.25, -0.2) is 9.78 Å². The molecule has 0 bridgehead atoms. The topological polar surface area (TPSA) is 73.1 Å². The Balaban J connectivity index is 1.63. The van der Waals surface area contributed by atoms with E-state index in [9.17, 15) is 4.79 Å². The van der Waals surface area contributed by atoms with Gasteiger partial charge in [-0.3, -0.25) is 0 Å². The van der Waals surface area contributed by atoms with Gasteiger partial charge in [-0.05, 0) is 24.6 Å². The summed E-state index contributed by atoms with van der Waals surface area (Å²) in [4.78, 5) is 18.6. The zero-order chi connectivity index (χ0) is 18.8. The summed E-state index contributed by atoms with van der Waals surface area (Å²) < 4.78 is 7.09. The van der Waals surface area contributed by atoms with Gasteiger partial charge in [-0.15, -0.1) is 10.2 Å². The van der Waals surface area contributed by atoms with E-state index < -0.39 is 0 Å². The lowest BCUT2D eigenvalue weighted by Gasteiger charge is -2.34. The van der Waals surface area contributed by atoms with E-state index >= 15 is 0 Å². The first kappa shape index (κ1) is 17.2. The van der Waals surface area contributed by atoms with Crippen molar-refractivity contribution in [3.05, 3.63) is 71.4 Å². The highest BCUT2D eigenvalue weighted by Crippen LogP contribution is 2.28. The summed E-state index contributed by atoms with van der Waals surface area (Å²) in [5, 5.41) is 8.82. The van der Waals surface area contributed by atoms with Gasteiger partial charge < -0.3 is 14.2 Å². The van der Waals surface area contributed by atoms with Crippen LogP contribution in [0, 0.1) is 0 Å². The Bertz CT molecular complexity index is 954. The predicted octanol–water partition coefficient (Wildman–Crippen LogP) is 2.63. The first-order valence-electron chi connectivity index (χ1n) is 8.92. The number of rotatable bonds is 4. The maximum atomic E-state index is 12.1. The number of anilines is 1. The molecule has 0 spiro atoms. The number of carbonyl (C=O) groups is 1. The molecule has 1 aromatic carbocycles. The fraction of sp³-hybridized carbons (Fsp3) is 0.300. The van der Waals surface area contributed by atoms with Crippen LogP contribution in [0.15, 0.2) is 48.7 Å². The highest BCUT2D eigenvalue weighted by Gasteiger charge is 2.29. The molecule has 1 aliphatic heterocycles. The molecule has 7 heteroatoms. The van der Waals surface area contributed by atoms with E-state index in [4.69, 9.17) is 4.74 Å². The summed E-state index contributed by atoms with van der Waals surface area (Å²) >= 11 is 0. The number of pyridine rings is 1. The third kappa shape index (κ3) is 3.28. The van der Waals surface area contributed by atoms with Crippen molar-refractivity contribution in [2.24, 2.45) is 0 Å². The predicted molar refractivity (Wildman–Crippen MR) is 101 cm³/mol. The molecule has 0 amide bonds. The Morgan fingerprint density at radius 2 is 2.00 bits per heavy atom. The lowest BCUT2D eigenvalue weighted by Crippen LogP contribution is -2.38. The summed E-state index contributed by atoms with van der Waals surface area (Å²) in [6, 6.07) is 13.9. The Hall–Kier alpha value is -3.22. The number of fused-ring (bicyclic) bond motifs is 1. The molecular weight excluding hydrogens is 342 g/mol. The highest BCUT2D eigenvalue weighted by atomic mass is 16.5. The van der Waals surface area contributed by atoms with Gasteiger partial charge in [0, 0.05) is 19.2 Å². The van der Waals surface area contributed by atoms with E-state index in [0.717, 1.165) is 18.1 Å². The quantitative estimate of drug-likeness (QED) is 0.664. The SMILES string of the molecule is COC(=O)c1cccnc1N1Cc2nnc(Cc3ccccc3)n2[C@@H](C)C1. The van der Waals surface area contributed by atoms with Crippen LogP contribution in [0.4, 0.5) is 5.82 Å². The Morgan fingerprint density at radius 1 is 1.19 bits per heavy atom. The number of aromatic nitrogens is 4. The number of hydrogen-bond donors (Lipinski definition) is 0. The molecule has 0 unspecified atom stereocenters. The van der Waals surface area contributed by atoms with Gasteiger partial charge in [0.15, 0.2) is 5.82 Å². The van der Waals surface area contributed by atoms with Crippen molar-refractivity contribution < 1.29 is 9.53 Å². The summed E-state index contributed by atoms with van der Waals surface area (Å²) in [5.74, 6) is 2.07. The molecule has 1 atom stereocenters. The second-order valence-electron chi connectivity index (χ2n) is 6.66. The second-order valence-corrected chi connectivity index (χ2v) is 6.66. The van der Waals surface area contributed by atoms with E-state index in [1.54, 1.807) is 18.3 Å². The molecule has 0 saturated heterocycles. The smallest absolute Gasteiger partial charge is 0.341 e. The maximum absolute atomic E-state index is 12.1. The Labute approximate surface area is 157 Å². The first-order chi connectivity index (χ1) is 13.2. The van der Waals surface area contributed by atoms with Gasteiger partial charge in [0.2, 0.25) is 0 Å². The van der Waals surface area contributed by atoms with Crippen molar-refractivity contribution in [2.75, 3.05) is 18.6 Å². The van der Waals surface area contributed by atoms with E-state index in [1.807, 2.05) is 18.2 Å². The van der Waals surface area contributed by atoms with Crippen molar-refractivity contribution in [1.82, 2.24) is 19.7 Å². The summed E-state index contributed by atoms with van der Waals surface area (Å²) in [5.41, 5.74) is 1.67. The number of nitrogens with zero attached hydrogens (tertiary/aromatic N) is 5. The molecule has 1 aliphatic rings. The van der Waals surface area contributed by atoms with Gasteiger partial charge in [0.25, 0.3) is 0 Å². The largest absolute Gasteiger partial charge is 0.465 e. The van der Waals surface area contributed by atoms with Crippen LogP contribution in [0.25, 0.3) is 0 Å². The molecule has 138 valence electrons. The summed E-state index contributed by atoms with van der Waals surface area (Å²) in [6.07, 6.45) is 2.43. The average molecular weight is 363 g/mol. The van der Waals surface area contributed by atoms with Crippen LogP contribution in [-0.2, 0) is 17.7 Å². The summed E-state index contributed by atoms with van der Waals surface area (Å²) in [7, 11) is 1.38. The Kier molecular flexibility index (Phi) is 4.58. The number of esters is 1. The Morgan fingerprint density at radius 3 is 2.78 bits per heavy atom. The van der Waals surface area contributed by atoms with Gasteiger partial charge in [-0.1, -0.05) is 30.3 Å². The first-order valence-corrected chi connectivity index (χ1v) is 8.92. The lowest BCUT2D eigenvalue weighted by molar-refractivity contribution is 0.0601. The highest BCUT2D eigenvalue weighted by molar-refractivity contribution is 5.94. The maximum Gasteiger partial charge on any atom is 0.341 e. The van der Waals surface area contributed by atoms with E-state index in [1.165, 1.54) is 12.7 Å². The molecule has 27 heavy (non-hydrogen) atoms. The molecule has 4 rings (SSSR count). The molecule has 2 aromatic heterocycles. The zero-order valence-electron chi connectivity index (χ0n) is 15.4. The summed E-state index contributed by atoms with van der Waals surface area (Å²) in [6.45, 7) is 3.40. The van der Waals surface area contributed by atoms with Crippen LogP contribution in [0.1, 0.15) is 40.5 Å². The third-order valence-corrected chi connectivity index (χ3v) is 4.79. The lowest BCUT2D eigenvalue weighted by atomic mass is 10.1. The molecule has 3 heterocycles. The third-order valence-electron chi connectivity index (χ3n) is 4.79. The van der Waals surface area contributed by atoms with Crippen molar-refractivity contribution in [1.29, 1.82) is 0 Å². The van der Waals surface area contributed by atoms with Crippen molar-refractivity contribution in [3.63, 3.8) is 0 Å². The number of methoxy groups -OCH3 is 1. The monoisotopic (exact) mass is 363 g/mol. The fourth-order valence-electron chi connectivity index (χ4n) is 3.59. The normalized spacial score (nSPS) is 16.1. The van der Waals surface area contributed by atoms with E-state index in [0.29, 0.717) is 24.5 Å². The van der Waals surface area contributed by atoms with E-state index in [2.05, 4.69) is 43.7 Å². The van der Waals surface area contributed by atoms with Crippen molar-refractivity contribution in [3.8, 4) is 0 Å². The van der Waals surface area contributed by atoms with Crippen molar-refractivity contribution >= 4 is 11.8 Å². The van der Waals surface area contributed by atoms with Crippen LogP contribution < -0.4 is 4.90 Å². The number of hydrogen-bond acceptors (Lipinski definition) is 6. The van der Waals surface area contributed by atoms with Crippen LogP contribution in [0.3, 0.4) is 0 Å². The minimum Gasteiger partial charge on any atom is -0.465 e. The molecule has 0 N–H and O–H groups in total. The number of benzene rings is 1. The molecule has 3 aromatic rings. The van der Waals surface area contributed by atoms with Crippen LogP contribution in [-0.4, -0.2) is 39.4 Å². The van der Waals surface area contributed by atoms with Crippen LogP contribution in [0.5, 0.6) is 0 Å². The standard InChI is InChI=1S/C20H21N5O2/c1-14-12-24(19-16(20(26)27-2)9-6-10-21-19)13-18-23-22-17(25(14)18)11-15-7-4-3-5-8-15/h3-10,14H,11-13H2,1-2H3/t14-/m0/s1. The molecule has 0 aliphatic carbocycles. The van der Waals surface area contributed by atoms with Gasteiger partial charge >= 0.3 is 5.97 Å². The fourth-order valence-corrected chi connectivity index (χ4v) is 3.59. The van der Waals surface area contributed by atoms with Gasteiger partial charge in [0.05, 0.1) is 19.7 Å². The number of carbonyl (C=O) groups excluding carboxylic acids is 1. The van der Waals surface area contributed by atoms with Gasteiger partial charge in [-0.2, -0.15) is 0 Å². The molecular formula is C20H21N5O2. The molecule has 7 nitrogen and oxygen atoms in total. The molecule has 0 radical (unpaired) electrons. The van der Waals surface area contributed by atoms with Crippen molar-refractivity contribution in [2.45, 2.75) is 25.9 Å². The second kappa shape index (κ2) is 7.19.